The van der Waals surface area contributed by atoms with Crippen molar-refractivity contribution in [3.05, 3.63) is 42.0 Å². The van der Waals surface area contributed by atoms with Crippen molar-refractivity contribution in [3.63, 3.8) is 0 Å². The fourth-order valence-electron chi connectivity index (χ4n) is 1.53. The van der Waals surface area contributed by atoms with Gasteiger partial charge in [-0.05, 0) is 13.0 Å². The molecule has 0 aliphatic rings. The third-order valence-electron chi connectivity index (χ3n) is 2.42. The largest absolute Gasteiger partial charge is 0.494 e. The van der Waals surface area contributed by atoms with Crippen molar-refractivity contribution in [3.8, 4) is 5.75 Å². The molecule has 5 heteroatoms. The monoisotopic (exact) mass is 263 g/mol. The van der Waals surface area contributed by atoms with Crippen molar-refractivity contribution in [2.45, 2.75) is 13.5 Å². The van der Waals surface area contributed by atoms with E-state index in [0.29, 0.717) is 13.2 Å². The fraction of sp³-hybridized carbons (Fsp3) is 0.286. The predicted octanol–water partition coefficient (Wildman–Crippen LogP) is 1.68. The number of carbonyl (C=O) groups excluding carboxylic acids is 1. The fourth-order valence-corrected chi connectivity index (χ4v) is 1.53. The Kier molecular flexibility index (Phi) is 5.60. The van der Waals surface area contributed by atoms with Crippen molar-refractivity contribution in [2.75, 3.05) is 13.7 Å². The summed E-state index contributed by atoms with van der Waals surface area (Å²) in [7, 11) is 1.61. The van der Waals surface area contributed by atoms with Crippen LogP contribution in [0.15, 0.2) is 36.4 Å². The summed E-state index contributed by atoms with van der Waals surface area (Å²) < 4.78 is 5.47. The topological polar surface area (TPSA) is 66.8 Å². The molecule has 0 fully saturated rings. The average molecular weight is 263 g/mol. The molecular formula is C14H17NO4. The van der Waals surface area contributed by atoms with Crippen LogP contribution >= 0.6 is 0 Å². The lowest BCUT2D eigenvalue weighted by atomic mass is 10.2. The molecule has 5 nitrogen and oxygen atoms in total. The first-order chi connectivity index (χ1) is 9.04. The Morgan fingerprint density at radius 2 is 2.00 bits per heavy atom. The van der Waals surface area contributed by atoms with Gasteiger partial charge in [-0.2, -0.15) is 0 Å². The summed E-state index contributed by atoms with van der Waals surface area (Å²) in [6.45, 7) is 2.80. The highest BCUT2D eigenvalue weighted by Crippen LogP contribution is 2.19. The van der Waals surface area contributed by atoms with Gasteiger partial charge in [-0.15, -0.1) is 0 Å². The van der Waals surface area contributed by atoms with Gasteiger partial charge in [0.1, 0.15) is 5.75 Å². The SMILES string of the molecule is CCOc1ccccc1CN(C)C(=O)/C=C/C(=O)O. The summed E-state index contributed by atoms with van der Waals surface area (Å²) in [6.07, 6.45) is 1.86. The number of likely N-dealkylation sites (N-methyl/N-ethyl adjacent to an activating group) is 1. The second kappa shape index (κ2) is 7.20. The van der Waals surface area contributed by atoms with E-state index >= 15 is 0 Å². The molecule has 0 unspecified atom stereocenters. The Bertz CT molecular complexity index is 482. The van der Waals surface area contributed by atoms with Crippen molar-refractivity contribution in [1.29, 1.82) is 0 Å². The van der Waals surface area contributed by atoms with E-state index in [1.807, 2.05) is 31.2 Å². The van der Waals surface area contributed by atoms with Gasteiger partial charge < -0.3 is 14.7 Å². The lowest BCUT2D eigenvalue weighted by Crippen LogP contribution is -2.24. The molecule has 0 atom stereocenters. The molecule has 0 aliphatic heterocycles. The molecule has 0 bridgehead atoms. The van der Waals surface area contributed by atoms with Gasteiger partial charge in [-0.3, -0.25) is 4.79 Å². The molecule has 0 saturated carbocycles. The first-order valence-corrected chi connectivity index (χ1v) is 5.91. The van der Waals surface area contributed by atoms with Crippen LogP contribution in [0.3, 0.4) is 0 Å². The van der Waals surface area contributed by atoms with Crippen LogP contribution in [0.4, 0.5) is 0 Å². The summed E-state index contributed by atoms with van der Waals surface area (Å²) in [4.78, 5) is 23.4. The summed E-state index contributed by atoms with van der Waals surface area (Å²) in [5, 5.41) is 8.47. The molecule has 0 heterocycles. The molecule has 0 saturated heterocycles. The van der Waals surface area contributed by atoms with Gasteiger partial charge in [-0.25, -0.2) is 4.79 Å². The van der Waals surface area contributed by atoms with Crippen molar-refractivity contribution in [2.24, 2.45) is 0 Å². The van der Waals surface area contributed by atoms with Crippen LogP contribution < -0.4 is 4.74 Å². The smallest absolute Gasteiger partial charge is 0.328 e. The van der Waals surface area contributed by atoms with Crippen LogP contribution in [0.2, 0.25) is 0 Å². The van der Waals surface area contributed by atoms with E-state index in [9.17, 15) is 9.59 Å². The molecule has 0 spiro atoms. The number of benzene rings is 1. The van der Waals surface area contributed by atoms with Gasteiger partial charge in [0.25, 0.3) is 0 Å². The maximum atomic E-state index is 11.7. The van der Waals surface area contributed by atoms with E-state index in [1.54, 1.807) is 7.05 Å². The van der Waals surface area contributed by atoms with Crippen LogP contribution in [0.25, 0.3) is 0 Å². The molecule has 1 aromatic rings. The highest BCUT2D eigenvalue weighted by Gasteiger charge is 2.09. The van der Waals surface area contributed by atoms with E-state index in [2.05, 4.69) is 0 Å². The lowest BCUT2D eigenvalue weighted by Gasteiger charge is -2.17. The second-order valence-corrected chi connectivity index (χ2v) is 3.91. The first-order valence-electron chi connectivity index (χ1n) is 5.91. The Morgan fingerprint density at radius 1 is 1.32 bits per heavy atom. The Balaban J connectivity index is 2.73. The molecule has 1 aromatic carbocycles. The molecule has 102 valence electrons. The number of rotatable bonds is 6. The van der Waals surface area contributed by atoms with Crippen LogP contribution in [0, 0.1) is 0 Å². The highest BCUT2D eigenvalue weighted by molar-refractivity contribution is 5.93. The van der Waals surface area contributed by atoms with E-state index < -0.39 is 5.97 Å². The Labute approximate surface area is 112 Å². The van der Waals surface area contributed by atoms with Crippen molar-refractivity contribution in [1.82, 2.24) is 4.90 Å². The first kappa shape index (κ1) is 14.8. The van der Waals surface area contributed by atoms with Crippen LogP contribution in [0.5, 0.6) is 5.75 Å². The lowest BCUT2D eigenvalue weighted by molar-refractivity contribution is -0.132. The van der Waals surface area contributed by atoms with Crippen molar-refractivity contribution < 1.29 is 19.4 Å². The molecule has 0 radical (unpaired) electrons. The zero-order valence-electron chi connectivity index (χ0n) is 11.0. The number of ether oxygens (including phenoxy) is 1. The minimum atomic E-state index is -1.14. The molecule has 1 amide bonds. The normalized spacial score (nSPS) is 10.4. The van der Waals surface area contributed by atoms with Gasteiger partial charge in [0.2, 0.25) is 5.91 Å². The average Bonchev–Trinajstić information content (AvgIpc) is 2.38. The zero-order chi connectivity index (χ0) is 14.3. The van der Waals surface area contributed by atoms with E-state index in [4.69, 9.17) is 9.84 Å². The molecule has 19 heavy (non-hydrogen) atoms. The maximum Gasteiger partial charge on any atom is 0.328 e. The minimum Gasteiger partial charge on any atom is -0.494 e. The predicted molar refractivity (Wildman–Crippen MR) is 70.9 cm³/mol. The Hall–Kier alpha value is -2.30. The molecule has 1 rings (SSSR count). The third-order valence-corrected chi connectivity index (χ3v) is 2.42. The number of carboxylic acids is 1. The number of amides is 1. The minimum absolute atomic E-state index is 0.360. The van der Waals surface area contributed by atoms with Gasteiger partial charge in [0.15, 0.2) is 0 Å². The van der Waals surface area contributed by atoms with E-state index in [0.717, 1.165) is 23.5 Å². The molecule has 0 aliphatic carbocycles. The van der Waals surface area contributed by atoms with E-state index in [1.165, 1.54) is 4.90 Å². The summed E-state index contributed by atoms with van der Waals surface area (Å²) in [5.74, 6) is -0.781. The molecular weight excluding hydrogens is 246 g/mol. The number of hydrogen-bond acceptors (Lipinski definition) is 3. The Morgan fingerprint density at radius 3 is 2.63 bits per heavy atom. The van der Waals surface area contributed by atoms with Gasteiger partial charge >= 0.3 is 5.97 Å². The van der Waals surface area contributed by atoms with Gasteiger partial charge in [0.05, 0.1) is 6.61 Å². The third kappa shape index (κ3) is 4.83. The standard InChI is InChI=1S/C14H17NO4/c1-3-19-12-7-5-4-6-11(12)10-15(2)13(16)8-9-14(17)18/h4-9H,3,10H2,1-2H3,(H,17,18)/b9-8+. The number of carbonyl (C=O) groups is 2. The highest BCUT2D eigenvalue weighted by atomic mass is 16.5. The number of nitrogens with zero attached hydrogens (tertiary/aromatic N) is 1. The number of hydrogen-bond donors (Lipinski definition) is 1. The summed E-state index contributed by atoms with van der Waals surface area (Å²) in [6, 6.07) is 7.43. The zero-order valence-corrected chi connectivity index (χ0v) is 11.0. The number of aliphatic carboxylic acids is 1. The van der Waals surface area contributed by atoms with Crippen LogP contribution in [-0.2, 0) is 16.1 Å². The summed E-state index contributed by atoms with van der Waals surface area (Å²) in [5.41, 5.74) is 0.879. The quantitative estimate of drug-likeness (QED) is 0.793. The van der Waals surface area contributed by atoms with Gasteiger partial charge in [-0.1, -0.05) is 18.2 Å². The van der Waals surface area contributed by atoms with Crippen molar-refractivity contribution >= 4 is 11.9 Å². The number of para-hydroxylation sites is 1. The summed E-state index contributed by atoms with van der Waals surface area (Å²) >= 11 is 0. The van der Waals surface area contributed by atoms with Crippen LogP contribution in [-0.4, -0.2) is 35.5 Å². The molecule has 1 N–H and O–H groups in total. The van der Waals surface area contributed by atoms with Gasteiger partial charge in [0, 0.05) is 31.3 Å². The van der Waals surface area contributed by atoms with Crippen LogP contribution in [0.1, 0.15) is 12.5 Å². The maximum absolute atomic E-state index is 11.7. The molecule has 0 aromatic heterocycles. The second-order valence-electron chi connectivity index (χ2n) is 3.91. The van der Waals surface area contributed by atoms with E-state index in [-0.39, 0.29) is 5.91 Å². The number of carboxylic acid groups (broad SMARTS) is 1.